The van der Waals surface area contributed by atoms with Gasteiger partial charge in [0, 0.05) is 6.42 Å². The van der Waals surface area contributed by atoms with Crippen LogP contribution in [-0.4, -0.2) is 6.18 Å². The normalized spacial score (nSPS) is 11.7. The molecule has 0 radical (unpaired) electrons. The SMILES string of the molecule is Cc1ccccc1CCC(F)(F)F. The van der Waals surface area contributed by atoms with Crippen molar-refractivity contribution < 1.29 is 13.2 Å². The van der Waals surface area contributed by atoms with Crippen molar-refractivity contribution >= 4 is 0 Å². The second kappa shape index (κ2) is 3.81. The van der Waals surface area contributed by atoms with Crippen LogP contribution in [0.4, 0.5) is 13.2 Å². The minimum Gasteiger partial charge on any atom is -0.171 e. The molecule has 0 N–H and O–H groups in total. The van der Waals surface area contributed by atoms with Crippen LogP contribution >= 0.6 is 0 Å². The first-order chi connectivity index (χ1) is 5.99. The van der Waals surface area contributed by atoms with Crippen molar-refractivity contribution in [3.63, 3.8) is 0 Å². The van der Waals surface area contributed by atoms with Crippen molar-refractivity contribution in [2.24, 2.45) is 0 Å². The third-order valence-corrected chi connectivity index (χ3v) is 1.94. The van der Waals surface area contributed by atoms with Crippen LogP contribution in [0.15, 0.2) is 24.3 Å². The minimum atomic E-state index is -4.05. The van der Waals surface area contributed by atoms with E-state index in [0.29, 0.717) is 0 Å². The van der Waals surface area contributed by atoms with Gasteiger partial charge in [0.25, 0.3) is 0 Å². The lowest BCUT2D eigenvalue weighted by atomic mass is 10.0. The number of hydrogen-bond donors (Lipinski definition) is 0. The Bertz CT molecular complexity index is 276. The molecule has 3 heteroatoms. The third-order valence-electron chi connectivity index (χ3n) is 1.94. The van der Waals surface area contributed by atoms with E-state index in [2.05, 4.69) is 0 Å². The average molecular weight is 188 g/mol. The van der Waals surface area contributed by atoms with Crippen LogP contribution in [0.2, 0.25) is 0 Å². The molecule has 0 spiro atoms. The minimum absolute atomic E-state index is 0.0795. The monoisotopic (exact) mass is 188 g/mol. The molecule has 0 bridgehead atoms. The summed E-state index contributed by atoms with van der Waals surface area (Å²) >= 11 is 0. The fourth-order valence-corrected chi connectivity index (χ4v) is 1.17. The third kappa shape index (κ3) is 3.49. The van der Waals surface area contributed by atoms with Crippen LogP contribution in [-0.2, 0) is 6.42 Å². The fourth-order valence-electron chi connectivity index (χ4n) is 1.17. The molecule has 0 atom stereocenters. The molecule has 1 aromatic rings. The summed E-state index contributed by atoms with van der Waals surface area (Å²) in [6.07, 6.45) is -4.71. The van der Waals surface area contributed by atoms with Crippen LogP contribution in [0.5, 0.6) is 0 Å². The van der Waals surface area contributed by atoms with E-state index >= 15 is 0 Å². The lowest BCUT2D eigenvalue weighted by Gasteiger charge is -2.07. The summed E-state index contributed by atoms with van der Waals surface area (Å²) in [5, 5.41) is 0. The predicted molar refractivity (Wildman–Crippen MR) is 45.6 cm³/mol. The molecule has 13 heavy (non-hydrogen) atoms. The van der Waals surface area contributed by atoms with Crippen LogP contribution in [0.3, 0.4) is 0 Å². The van der Waals surface area contributed by atoms with Crippen LogP contribution < -0.4 is 0 Å². The molecule has 0 saturated carbocycles. The maximum absolute atomic E-state index is 11.9. The molecule has 0 unspecified atom stereocenters. The molecule has 1 rings (SSSR count). The molecular formula is C10H11F3. The molecular weight excluding hydrogens is 177 g/mol. The molecule has 1 aromatic carbocycles. The van der Waals surface area contributed by atoms with E-state index in [-0.39, 0.29) is 6.42 Å². The highest BCUT2D eigenvalue weighted by Gasteiger charge is 2.26. The highest BCUT2D eigenvalue weighted by molar-refractivity contribution is 5.25. The zero-order chi connectivity index (χ0) is 9.90. The van der Waals surface area contributed by atoms with Gasteiger partial charge in [-0.2, -0.15) is 13.2 Å². The molecule has 0 aliphatic heterocycles. The van der Waals surface area contributed by atoms with Crippen molar-refractivity contribution in [1.29, 1.82) is 0 Å². The quantitative estimate of drug-likeness (QED) is 0.666. The van der Waals surface area contributed by atoms with E-state index in [4.69, 9.17) is 0 Å². The molecule has 0 aliphatic carbocycles. The number of benzene rings is 1. The van der Waals surface area contributed by atoms with Gasteiger partial charge in [-0.25, -0.2) is 0 Å². The van der Waals surface area contributed by atoms with Gasteiger partial charge in [0.05, 0.1) is 0 Å². The lowest BCUT2D eigenvalue weighted by Crippen LogP contribution is -2.08. The summed E-state index contributed by atoms with van der Waals surface area (Å²) in [5.41, 5.74) is 1.70. The van der Waals surface area contributed by atoms with Gasteiger partial charge in [0.1, 0.15) is 0 Å². The number of halogens is 3. The van der Waals surface area contributed by atoms with Crippen LogP contribution in [0, 0.1) is 6.92 Å². The zero-order valence-electron chi connectivity index (χ0n) is 7.36. The van der Waals surface area contributed by atoms with Gasteiger partial charge >= 0.3 is 6.18 Å². The van der Waals surface area contributed by atoms with Crippen molar-refractivity contribution in [1.82, 2.24) is 0 Å². The smallest absolute Gasteiger partial charge is 0.171 e. The van der Waals surface area contributed by atoms with E-state index in [1.54, 1.807) is 12.1 Å². The maximum Gasteiger partial charge on any atom is 0.389 e. The second-order valence-corrected chi connectivity index (χ2v) is 3.04. The van der Waals surface area contributed by atoms with E-state index in [1.807, 2.05) is 19.1 Å². The van der Waals surface area contributed by atoms with E-state index < -0.39 is 12.6 Å². The Hall–Kier alpha value is -0.990. The van der Waals surface area contributed by atoms with Gasteiger partial charge < -0.3 is 0 Å². The highest BCUT2D eigenvalue weighted by atomic mass is 19.4. The summed E-state index contributed by atoms with van der Waals surface area (Å²) in [6.45, 7) is 1.83. The first-order valence-electron chi connectivity index (χ1n) is 4.10. The largest absolute Gasteiger partial charge is 0.389 e. The first kappa shape index (κ1) is 10.1. The Balaban J connectivity index is 2.60. The first-order valence-corrected chi connectivity index (χ1v) is 4.10. The van der Waals surface area contributed by atoms with Gasteiger partial charge in [0.15, 0.2) is 0 Å². The summed E-state index contributed by atoms with van der Waals surface area (Å²) in [6, 6.07) is 7.15. The van der Waals surface area contributed by atoms with E-state index in [0.717, 1.165) is 11.1 Å². The molecule has 72 valence electrons. The number of hydrogen-bond acceptors (Lipinski definition) is 0. The second-order valence-electron chi connectivity index (χ2n) is 3.04. The summed E-state index contributed by atoms with van der Waals surface area (Å²) in [7, 11) is 0. The van der Waals surface area contributed by atoms with Crippen LogP contribution in [0.1, 0.15) is 17.5 Å². The number of aryl methyl sites for hydroxylation is 2. The lowest BCUT2D eigenvalue weighted by molar-refractivity contribution is -0.134. The fraction of sp³-hybridized carbons (Fsp3) is 0.400. The Kier molecular flexibility index (Phi) is 2.96. The topological polar surface area (TPSA) is 0 Å². The average Bonchev–Trinajstić information content (AvgIpc) is 2.01. The zero-order valence-corrected chi connectivity index (χ0v) is 7.36. The van der Waals surface area contributed by atoms with Gasteiger partial charge in [-0.15, -0.1) is 0 Å². The summed E-state index contributed by atoms with van der Waals surface area (Å²) < 4.78 is 35.6. The van der Waals surface area contributed by atoms with Crippen molar-refractivity contribution in [3.05, 3.63) is 35.4 Å². The molecule has 0 heterocycles. The molecule has 0 saturated heterocycles. The Labute approximate surface area is 75.4 Å². The molecule has 0 nitrogen and oxygen atoms in total. The standard InChI is InChI=1S/C10H11F3/c1-8-4-2-3-5-9(8)6-7-10(11,12)13/h2-5H,6-7H2,1H3. The number of rotatable bonds is 2. The number of alkyl halides is 3. The molecule has 0 fully saturated rings. The van der Waals surface area contributed by atoms with Crippen molar-refractivity contribution in [2.75, 3.05) is 0 Å². The van der Waals surface area contributed by atoms with Gasteiger partial charge in [-0.05, 0) is 24.5 Å². The van der Waals surface area contributed by atoms with Gasteiger partial charge in [0.2, 0.25) is 0 Å². The van der Waals surface area contributed by atoms with Crippen LogP contribution in [0.25, 0.3) is 0 Å². The van der Waals surface area contributed by atoms with E-state index in [9.17, 15) is 13.2 Å². The highest BCUT2D eigenvalue weighted by Crippen LogP contribution is 2.22. The molecule has 0 amide bonds. The maximum atomic E-state index is 11.9. The van der Waals surface area contributed by atoms with Gasteiger partial charge in [-0.1, -0.05) is 24.3 Å². The predicted octanol–water partition coefficient (Wildman–Crippen LogP) is 3.49. The Morgan fingerprint density at radius 2 is 1.77 bits per heavy atom. The summed E-state index contributed by atoms with van der Waals surface area (Å²) in [5.74, 6) is 0. The Morgan fingerprint density at radius 3 is 2.31 bits per heavy atom. The van der Waals surface area contributed by atoms with Gasteiger partial charge in [-0.3, -0.25) is 0 Å². The van der Waals surface area contributed by atoms with Crippen molar-refractivity contribution in [2.45, 2.75) is 25.9 Å². The van der Waals surface area contributed by atoms with Crippen molar-refractivity contribution in [3.8, 4) is 0 Å². The van der Waals surface area contributed by atoms with E-state index in [1.165, 1.54) is 0 Å². The Morgan fingerprint density at radius 1 is 1.15 bits per heavy atom. The summed E-state index contributed by atoms with van der Waals surface area (Å²) in [4.78, 5) is 0. The molecule has 0 aliphatic rings. The molecule has 0 aromatic heterocycles.